The summed E-state index contributed by atoms with van der Waals surface area (Å²) < 4.78 is 0. The molecule has 3 fully saturated rings. The van der Waals surface area contributed by atoms with E-state index in [-0.39, 0.29) is 47.7 Å². The van der Waals surface area contributed by atoms with Crippen LogP contribution in [-0.2, 0) is 19.2 Å². The molecule has 5 amide bonds. The summed E-state index contributed by atoms with van der Waals surface area (Å²) in [6, 6.07) is -2.92. The Morgan fingerprint density at radius 1 is 0.933 bits per heavy atom. The molecular weight excluding hydrogens is 570 g/mol. The number of nitrogens with one attached hydrogen (secondary N) is 4. The Labute approximate surface area is 270 Å². The Balaban J connectivity index is 1.88. The number of amides is 5. The van der Waals surface area contributed by atoms with Crippen molar-refractivity contribution in [1.29, 1.82) is 0 Å². The molecule has 0 aromatic carbocycles. The lowest BCUT2D eigenvalue weighted by Gasteiger charge is -2.43. The molecule has 4 unspecified atom stereocenters. The predicted octanol–water partition coefficient (Wildman–Crippen LogP) is 4.48. The van der Waals surface area contributed by atoms with Crippen molar-refractivity contribution in [1.82, 2.24) is 26.2 Å². The number of carbonyl (C=O) groups is 5. The van der Waals surface area contributed by atoms with Crippen molar-refractivity contribution in [2.24, 2.45) is 28.6 Å². The van der Waals surface area contributed by atoms with Crippen LogP contribution < -0.4 is 21.3 Å². The fourth-order valence-corrected chi connectivity index (χ4v) is 7.73. The lowest BCUT2D eigenvalue weighted by atomic mass is 9.70. The summed E-state index contributed by atoms with van der Waals surface area (Å²) in [5, 5.41) is 11.6. The molecule has 1 heterocycles. The van der Waals surface area contributed by atoms with Gasteiger partial charge in [-0.15, -0.1) is 6.58 Å². The molecule has 0 aromatic heterocycles. The molecule has 4 N–H and O–H groups in total. The van der Waals surface area contributed by atoms with Gasteiger partial charge in [0.25, 0.3) is 5.91 Å². The molecule has 0 spiro atoms. The van der Waals surface area contributed by atoms with Crippen LogP contribution in [0.15, 0.2) is 12.7 Å². The highest BCUT2D eigenvalue weighted by Crippen LogP contribution is 2.65. The largest absolute Gasteiger partial charge is 0.346 e. The van der Waals surface area contributed by atoms with Crippen LogP contribution in [0.2, 0.25) is 0 Å². The summed E-state index contributed by atoms with van der Waals surface area (Å²) in [4.78, 5) is 69.4. The van der Waals surface area contributed by atoms with Gasteiger partial charge < -0.3 is 26.2 Å². The number of hydrogen-bond acceptors (Lipinski definition) is 5. The fraction of sp³-hybridized carbons (Fsp3) is 0.800. The number of carbonyl (C=O) groups excluding carboxylic acids is 5. The Hall–Kier alpha value is -2.91. The minimum absolute atomic E-state index is 0.00931. The zero-order valence-electron chi connectivity index (χ0n) is 28.8. The third kappa shape index (κ3) is 8.47. The van der Waals surface area contributed by atoms with Gasteiger partial charge in [-0.3, -0.25) is 19.2 Å². The Morgan fingerprint density at radius 3 is 2.18 bits per heavy atom. The fourth-order valence-electron chi connectivity index (χ4n) is 7.73. The monoisotopic (exact) mass is 629 g/mol. The van der Waals surface area contributed by atoms with E-state index in [0.717, 1.165) is 51.4 Å². The molecule has 254 valence electrons. The minimum Gasteiger partial charge on any atom is -0.346 e. The maximum Gasteiger partial charge on any atom is 0.315 e. The van der Waals surface area contributed by atoms with E-state index in [1.807, 2.05) is 6.92 Å². The van der Waals surface area contributed by atoms with Gasteiger partial charge in [0.2, 0.25) is 17.6 Å². The van der Waals surface area contributed by atoms with E-state index in [1.54, 1.807) is 4.90 Å². The number of rotatable bonds is 16. The van der Waals surface area contributed by atoms with Crippen molar-refractivity contribution < 1.29 is 24.0 Å². The van der Waals surface area contributed by atoms with Gasteiger partial charge in [0.15, 0.2) is 0 Å². The summed E-state index contributed by atoms with van der Waals surface area (Å²) in [6.45, 7) is 18.7. The first kappa shape index (κ1) is 36.6. The minimum atomic E-state index is -0.984. The van der Waals surface area contributed by atoms with E-state index >= 15 is 0 Å². The molecule has 0 radical (unpaired) electrons. The van der Waals surface area contributed by atoms with Crippen molar-refractivity contribution >= 4 is 29.5 Å². The molecule has 6 atom stereocenters. The average Bonchev–Trinajstić information content (AvgIpc) is 3.30. The number of ketones is 1. The number of fused-ring (bicyclic) bond motifs is 1. The normalized spacial score (nSPS) is 24.9. The van der Waals surface area contributed by atoms with Gasteiger partial charge in [-0.2, -0.15) is 0 Å². The Bertz CT molecular complexity index is 1100. The van der Waals surface area contributed by atoms with Crippen LogP contribution in [0.1, 0.15) is 113 Å². The zero-order valence-corrected chi connectivity index (χ0v) is 28.8. The molecule has 1 aliphatic heterocycles. The van der Waals surface area contributed by atoms with Crippen molar-refractivity contribution in [2.75, 3.05) is 13.1 Å². The number of likely N-dealkylation sites (tertiary alicyclic amines) is 1. The molecule has 3 aliphatic rings. The second kappa shape index (κ2) is 15.6. The lowest BCUT2D eigenvalue weighted by Crippen LogP contribution is -2.63. The number of Topliss-reactive ketones (excluding diaryl/α,β-unsaturated/α-hetero) is 1. The lowest BCUT2D eigenvalue weighted by molar-refractivity contribution is -0.146. The van der Waals surface area contributed by atoms with Gasteiger partial charge in [0.1, 0.15) is 12.1 Å². The van der Waals surface area contributed by atoms with E-state index in [9.17, 15) is 24.0 Å². The van der Waals surface area contributed by atoms with Crippen LogP contribution in [0.3, 0.4) is 0 Å². The average molecular weight is 630 g/mol. The van der Waals surface area contributed by atoms with E-state index in [4.69, 9.17) is 0 Å². The van der Waals surface area contributed by atoms with Crippen LogP contribution >= 0.6 is 0 Å². The van der Waals surface area contributed by atoms with Crippen LogP contribution in [0.25, 0.3) is 0 Å². The molecular formula is C35H59N5O5. The zero-order chi connectivity index (χ0) is 33.5. The molecule has 45 heavy (non-hydrogen) atoms. The Kier molecular flexibility index (Phi) is 12.7. The van der Waals surface area contributed by atoms with Crippen molar-refractivity contribution in [3.8, 4) is 0 Å². The van der Waals surface area contributed by atoms with Crippen LogP contribution in [0.4, 0.5) is 4.79 Å². The number of nitrogens with zero attached hydrogens (tertiary/aromatic N) is 1. The quantitative estimate of drug-likeness (QED) is 0.147. The first-order chi connectivity index (χ1) is 21.2. The smallest absolute Gasteiger partial charge is 0.315 e. The van der Waals surface area contributed by atoms with E-state index < -0.39 is 41.1 Å². The molecule has 10 nitrogen and oxygen atoms in total. The standard InChI is InChI=1S/C35H59N5O5/c1-9-12-17-25(28(41)31(43)36-20-11-3)37-30(42)27-26-23(34(26,6)7)21-40(27)32(44)29(35(8)18-14-13-15-19-35)39-33(45)38-24(16-10-2)22(4)5/h11,22-27,29H,3,9-10,12-21H2,1-2,4-8H3,(H,36,43)(H,37,42)(H2,38,39,45)/t23-,24?,25?,26-,27?,29?/m0/s1. The second-order valence-corrected chi connectivity index (χ2v) is 14.9. The van der Waals surface area contributed by atoms with Crippen molar-refractivity contribution in [3.63, 3.8) is 0 Å². The molecule has 1 saturated heterocycles. The second-order valence-electron chi connectivity index (χ2n) is 14.9. The maximum absolute atomic E-state index is 14.6. The third-order valence-electron chi connectivity index (χ3n) is 10.8. The number of unbranched alkanes of at least 4 members (excludes halogenated alkanes) is 1. The van der Waals surface area contributed by atoms with Gasteiger partial charge >= 0.3 is 6.03 Å². The molecule has 2 aliphatic carbocycles. The number of hydrogen-bond donors (Lipinski definition) is 4. The van der Waals surface area contributed by atoms with E-state index in [0.29, 0.717) is 19.4 Å². The first-order valence-electron chi connectivity index (χ1n) is 17.3. The highest BCUT2D eigenvalue weighted by atomic mass is 16.2. The SMILES string of the molecule is C=CCNC(=O)C(=O)C(CCCC)NC(=O)C1[C@@H]2[C@H](CN1C(=O)C(NC(=O)NC(CCC)C(C)C)C1(C)CCCCC1)C2(C)C. The summed E-state index contributed by atoms with van der Waals surface area (Å²) in [5.74, 6) is -1.79. The molecule has 0 bridgehead atoms. The topological polar surface area (TPSA) is 137 Å². The summed E-state index contributed by atoms with van der Waals surface area (Å²) in [6.07, 6.45) is 9.72. The molecule has 10 heteroatoms. The highest BCUT2D eigenvalue weighted by molar-refractivity contribution is 6.38. The van der Waals surface area contributed by atoms with Gasteiger partial charge in [-0.05, 0) is 54.3 Å². The van der Waals surface area contributed by atoms with Gasteiger partial charge in [-0.25, -0.2) is 4.79 Å². The number of piperidine rings is 1. The summed E-state index contributed by atoms with van der Waals surface area (Å²) >= 11 is 0. The van der Waals surface area contributed by atoms with Gasteiger partial charge in [0.05, 0.1) is 6.04 Å². The van der Waals surface area contributed by atoms with Gasteiger partial charge in [0, 0.05) is 19.1 Å². The summed E-state index contributed by atoms with van der Waals surface area (Å²) in [5.41, 5.74) is -0.584. The van der Waals surface area contributed by atoms with Crippen LogP contribution in [-0.4, -0.2) is 71.7 Å². The van der Waals surface area contributed by atoms with E-state index in [1.165, 1.54) is 6.08 Å². The Morgan fingerprint density at radius 2 is 1.60 bits per heavy atom. The highest BCUT2D eigenvalue weighted by Gasteiger charge is 2.70. The van der Waals surface area contributed by atoms with Crippen LogP contribution in [0.5, 0.6) is 0 Å². The van der Waals surface area contributed by atoms with Gasteiger partial charge in [-0.1, -0.05) is 93.1 Å². The van der Waals surface area contributed by atoms with Crippen LogP contribution in [0, 0.1) is 28.6 Å². The molecule has 3 rings (SSSR count). The van der Waals surface area contributed by atoms with E-state index in [2.05, 4.69) is 69.4 Å². The number of urea groups is 1. The third-order valence-corrected chi connectivity index (χ3v) is 10.8. The maximum atomic E-state index is 14.6. The predicted molar refractivity (Wildman–Crippen MR) is 176 cm³/mol. The molecule has 2 saturated carbocycles. The first-order valence-corrected chi connectivity index (χ1v) is 17.3. The summed E-state index contributed by atoms with van der Waals surface area (Å²) in [7, 11) is 0. The van der Waals surface area contributed by atoms with Crippen molar-refractivity contribution in [2.45, 2.75) is 137 Å². The molecule has 0 aromatic rings. The van der Waals surface area contributed by atoms with Crippen molar-refractivity contribution in [3.05, 3.63) is 12.7 Å².